The minimum absolute atomic E-state index is 0.0499. The van der Waals surface area contributed by atoms with Gasteiger partial charge in [0, 0.05) is 0 Å². The molecule has 1 atom stereocenters. The molecule has 0 bridgehead atoms. The van der Waals surface area contributed by atoms with Gasteiger partial charge < -0.3 is 10.4 Å². The Morgan fingerprint density at radius 3 is 2.56 bits per heavy atom. The van der Waals surface area contributed by atoms with E-state index in [1.807, 2.05) is 36.4 Å². The molecular weight excluding hydrogens is 228 g/mol. The van der Waals surface area contributed by atoms with Crippen LogP contribution in [0.3, 0.4) is 0 Å². The maximum Gasteiger partial charge on any atom is 0.158 e. The second-order valence-corrected chi connectivity index (χ2v) is 3.69. The fourth-order valence-corrected chi connectivity index (χ4v) is 1.56. The van der Waals surface area contributed by atoms with Crippen molar-refractivity contribution in [3.63, 3.8) is 0 Å². The van der Waals surface area contributed by atoms with Crippen LogP contribution < -0.4 is 5.32 Å². The number of rotatable bonds is 4. The van der Waals surface area contributed by atoms with E-state index in [9.17, 15) is 5.11 Å². The Balaban J connectivity index is 2.13. The number of anilines is 1. The predicted molar refractivity (Wildman–Crippen MR) is 66.6 cm³/mol. The molecule has 0 saturated heterocycles. The van der Waals surface area contributed by atoms with E-state index >= 15 is 0 Å². The van der Waals surface area contributed by atoms with Crippen LogP contribution in [-0.2, 0) is 0 Å². The zero-order valence-electron chi connectivity index (χ0n) is 9.61. The Kier molecular flexibility index (Phi) is 3.84. The first-order chi connectivity index (χ1) is 8.83. The first kappa shape index (κ1) is 12.0. The third-order valence-corrected chi connectivity index (χ3v) is 2.47. The van der Waals surface area contributed by atoms with Crippen LogP contribution in [0.25, 0.3) is 0 Å². The van der Waals surface area contributed by atoms with Crippen molar-refractivity contribution >= 4 is 5.82 Å². The van der Waals surface area contributed by atoms with Crippen molar-refractivity contribution in [1.82, 2.24) is 9.97 Å². The maximum absolute atomic E-state index is 9.38. The van der Waals surface area contributed by atoms with Crippen LogP contribution in [0, 0.1) is 11.3 Å². The van der Waals surface area contributed by atoms with Crippen LogP contribution >= 0.6 is 0 Å². The first-order valence-corrected chi connectivity index (χ1v) is 5.48. The fraction of sp³-hybridized carbons (Fsp3) is 0.154. The van der Waals surface area contributed by atoms with Crippen molar-refractivity contribution in [2.45, 2.75) is 6.04 Å². The molecule has 18 heavy (non-hydrogen) atoms. The lowest BCUT2D eigenvalue weighted by Crippen LogP contribution is -2.15. The van der Waals surface area contributed by atoms with Crippen molar-refractivity contribution in [3.05, 3.63) is 54.0 Å². The molecule has 0 spiro atoms. The second-order valence-electron chi connectivity index (χ2n) is 3.69. The molecule has 90 valence electrons. The average molecular weight is 240 g/mol. The van der Waals surface area contributed by atoms with Gasteiger partial charge >= 0.3 is 0 Å². The molecule has 0 aliphatic heterocycles. The Morgan fingerprint density at radius 2 is 2.00 bits per heavy atom. The first-order valence-electron chi connectivity index (χ1n) is 5.48. The summed E-state index contributed by atoms with van der Waals surface area (Å²) in [6, 6.07) is 11.2. The lowest BCUT2D eigenvalue weighted by atomic mass is 10.1. The Morgan fingerprint density at radius 1 is 1.22 bits per heavy atom. The minimum Gasteiger partial charge on any atom is -0.394 e. The van der Waals surface area contributed by atoms with Crippen molar-refractivity contribution in [2.24, 2.45) is 0 Å². The number of nitriles is 1. The van der Waals surface area contributed by atoms with Crippen LogP contribution in [-0.4, -0.2) is 21.7 Å². The van der Waals surface area contributed by atoms with E-state index in [1.165, 1.54) is 12.4 Å². The zero-order valence-corrected chi connectivity index (χ0v) is 9.61. The van der Waals surface area contributed by atoms with Crippen molar-refractivity contribution in [3.8, 4) is 6.07 Å². The maximum atomic E-state index is 9.38. The van der Waals surface area contributed by atoms with E-state index < -0.39 is 0 Å². The summed E-state index contributed by atoms with van der Waals surface area (Å²) < 4.78 is 0. The monoisotopic (exact) mass is 240 g/mol. The van der Waals surface area contributed by atoms with E-state index in [0.29, 0.717) is 5.82 Å². The molecule has 2 rings (SSSR count). The van der Waals surface area contributed by atoms with Crippen LogP contribution in [0.15, 0.2) is 42.7 Å². The van der Waals surface area contributed by atoms with E-state index in [-0.39, 0.29) is 18.3 Å². The molecule has 0 aliphatic rings. The van der Waals surface area contributed by atoms with E-state index in [1.54, 1.807) is 0 Å². The molecule has 0 fully saturated rings. The molecule has 1 aromatic heterocycles. The van der Waals surface area contributed by atoms with Gasteiger partial charge in [0.25, 0.3) is 0 Å². The zero-order chi connectivity index (χ0) is 12.8. The largest absolute Gasteiger partial charge is 0.394 e. The van der Waals surface area contributed by atoms with E-state index in [2.05, 4.69) is 15.3 Å². The van der Waals surface area contributed by atoms with Gasteiger partial charge in [-0.05, 0) is 5.56 Å². The van der Waals surface area contributed by atoms with Gasteiger partial charge in [-0.2, -0.15) is 5.26 Å². The van der Waals surface area contributed by atoms with Gasteiger partial charge in [-0.15, -0.1) is 0 Å². The summed E-state index contributed by atoms with van der Waals surface area (Å²) in [5.74, 6) is 0.525. The molecule has 2 aromatic rings. The highest BCUT2D eigenvalue weighted by Gasteiger charge is 2.10. The smallest absolute Gasteiger partial charge is 0.158 e. The lowest BCUT2D eigenvalue weighted by molar-refractivity contribution is 0.276. The lowest BCUT2D eigenvalue weighted by Gasteiger charge is -2.16. The van der Waals surface area contributed by atoms with E-state index in [4.69, 9.17) is 5.26 Å². The number of nitrogens with zero attached hydrogens (tertiary/aromatic N) is 3. The summed E-state index contributed by atoms with van der Waals surface area (Å²) in [7, 11) is 0. The molecule has 0 amide bonds. The van der Waals surface area contributed by atoms with Crippen molar-refractivity contribution in [2.75, 3.05) is 11.9 Å². The topological polar surface area (TPSA) is 81.8 Å². The molecule has 5 nitrogen and oxygen atoms in total. The molecular formula is C13H12N4O. The molecule has 2 N–H and O–H groups in total. The highest BCUT2D eigenvalue weighted by atomic mass is 16.3. The number of aliphatic hydroxyl groups excluding tert-OH is 1. The van der Waals surface area contributed by atoms with Crippen molar-refractivity contribution < 1.29 is 5.11 Å². The highest BCUT2D eigenvalue weighted by molar-refractivity contribution is 5.37. The van der Waals surface area contributed by atoms with Gasteiger partial charge in [0.15, 0.2) is 5.69 Å². The van der Waals surface area contributed by atoms with Crippen LogP contribution in [0.5, 0.6) is 0 Å². The summed E-state index contributed by atoms with van der Waals surface area (Å²) >= 11 is 0. The standard InChI is InChI=1S/C13H12N4O/c14-6-11-7-16-13(8-15-11)17-12(9-18)10-4-2-1-3-5-10/h1-5,7-8,12,18H,9H2,(H,16,17). The third-order valence-electron chi connectivity index (χ3n) is 2.47. The minimum atomic E-state index is -0.242. The fourth-order valence-electron chi connectivity index (χ4n) is 1.56. The quantitative estimate of drug-likeness (QED) is 0.846. The van der Waals surface area contributed by atoms with Crippen LogP contribution in [0.4, 0.5) is 5.82 Å². The Hall–Kier alpha value is -2.45. The summed E-state index contributed by atoms with van der Waals surface area (Å²) in [5, 5.41) is 21.1. The summed E-state index contributed by atoms with van der Waals surface area (Å²) in [6.45, 7) is -0.0499. The summed E-state index contributed by atoms with van der Waals surface area (Å²) in [4.78, 5) is 7.97. The summed E-state index contributed by atoms with van der Waals surface area (Å²) in [5.41, 5.74) is 1.23. The predicted octanol–water partition coefficient (Wildman–Crippen LogP) is 1.49. The van der Waals surface area contributed by atoms with Gasteiger partial charge in [0.05, 0.1) is 25.0 Å². The van der Waals surface area contributed by atoms with Gasteiger partial charge in [-0.25, -0.2) is 9.97 Å². The Bertz CT molecular complexity index is 533. The van der Waals surface area contributed by atoms with Gasteiger partial charge in [-0.3, -0.25) is 0 Å². The van der Waals surface area contributed by atoms with Crippen LogP contribution in [0.1, 0.15) is 17.3 Å². The molecule has 5 heteroatoms. The second kappa shape index (κ2) is 5.75. The third kappa shape index (κ3) is 2.81. The molecule has 1 heterocycles. The Labute approximate surface area is 105 Å². The molecule has 1 aromatic carbocycles. The van der Waals surface area contributed by atoms with Gasteiger partial charge in [0.2, 0.25) is 0 Å². The number of hydrogen-bond acceptors (Lipinski definition) is 5. The van der Waals surface area contributed by atoms with Crippen molar-refractivity contribution in [1.29, 1.82) is 5.26 Å². The normalized spacial score (nSPS) is 11.6. The number of hydrogen-bond donors (Lipinski definition) is 2. The number of nitrogens with one attached hydrogen (secondary N) is 1. The van der Waals surface area contributed by atoms with Gasteiger partial charge in [-0.1, -0.05) is 30.3 Å². The average Bonchev–Trinajstić information content (AvgIpc) is 2.46. The molecule has 0 aliphatic carbocycles. The summed E-state index contributed by atoms with van der Waals surface area (Å²) in [6.07, 6.45) is 2.87. The number of aromatic nitrogens is 2. The van der Waals surface area contributed by atoms with Crippen LogP contribution in [0.2, 0.25) is 0 Å². The van der Waals surface area contributed by atoms with E-state index in [0.717, 1.165) is 5.56 Å². The molecule has 0 radical (unpaired) electrons. The highest BCUT2D eigenvalue weighted by Crippen LogP contribution is 2.16. The number of aliphatic hydroxyl groups is 1. The SMILES string of the molecule is N#Cc1cnc(NC(CO)c2ccccc2)cn1. The number of benzene rings is 1. The van der Waals surface area contributed by atoms with Gasteiger partial charge in [0.1, 0.15) is 11.9 Å². The molecule has 0 saturated carbocycles. The molecule has 1 unspecified atom stereocenters.